The van der Waals surface area contributed by atoms with Gasteiger partial charge in [-0.25, -0.2) is 0 Å². The highest BCUT2D eigenvalue weighted by molar-refractivity contribution is 5.98. The Morgan fingerprint density at radius 1 is 1.32 bits per heavy atom. The maximum absolute atomic E-state index is 12.2. The van der Waals surface area contributed by atoms with Crippen molar-refractivity contribution >= 4 is 11.6 Å². The van der Waals surface area contributed by atoms with Gasteiger partial charge in [-0.05, 0) is 38.1 Å². The Kier molecular flexibility index (Phi) is 4.49. The number of anilines is 1. The molecule has 6 heteroatoms. The molecule has 2 heterocycles. The number of piperidine rings is 1. The molecule has 1 fully saturated rings. The molecule has 1 amide bonds. The Bertz CT molecular complexity index is 541. The molecule has 0 aliphatic carbocycles. The van der Waals surface area contributed by atoms with E-state index in [9.17, 15) is 4.79 Å². The van der Waals surface area contributed by atoms with Gasteiger partial charge in [0.25, 0.3) is 5.91 Å². The van der Waals surface area contributed by atoms with Gasteiger partial charge in [-0.1, -0.05) is 0 Å². The maximum Gasteiger partial charge on any atom is 0.265 e. The number of fused-ring (bicyclic) bond motifs is 1. The monoisotopic (exact) mass is 305 g/mol. The van der Waals surface area contributed by atoms with Crippen LogP contribution in [-0.4, -0.2) is 56.7 Å². The average molecular weight is 305 g/mol. The molecule has 6 nitrogen and oxygen atoms in total. The molecule has 2 N–H and O–H groups in total. The van der Waals surface area contributed by atoms with Gasteiger partial charge >= 0.3 is 0 Å². The standard InChI is InChI=1S/C16H23N3O3/c1-21-13-2-3-15-14(10-13)19(16(20)11-22-15)9-8-18-6-4-12(17)5-7-18/h2-3,10,12H,4-9,11,17H2,1H3. The summed E-state index contributed by atoms with van der Waals surface area (Å²) in [6, 6.07) is 5.89. The minimum absolute atomic E-state index is 0.00513. The highest BCUT2D eigenvalue weighted by Gasteiger charge is 2.27. The molecule has 1 aromatic carbocycles. The molecule has 1 aromatic rings. The average Bonchev–Trinajstić information content (AvgIpc) is 2.55. The molecular weight excluding hydrogens is 282 g/mol. The number of amides is 1. The lowest BCUT2D eigenvalue weighted by Gasteiger charge is -2.34. The number of methoxy groups -OCH3 is 1. The summed E-state index contributed by atoms with van der Waals surface area (Å²) in [5, 5.41) is 0. The summed E-state index contributed by atoms with van der Waals surface area (Å²) in [5.41, 5.74) is 6.73. The van der Waals surface area contributed by atoms with E-state index >= 15 is 0 Å². The van der Waals surface area contributed by atoms with Crippen molar-refractivity contribution in [2.24, 2.45) is 5.73 Å². The molecule has 2 aliphatic rings. The molecule has 1 saturated heterocycles. The molecule has 0 bridgehead atoms. The smallest absolute Gasteiger partial charge is 0.265 e. The van der Waals surface area contributed by atoms with Gasteiger partial charge in [0, 0.05) is 25.2 Å². The zero-order chi connectivity index (χ0) is 15.5. The van der Waals surface area contributed by atoms with E-state index in [2.05, 4.69) is 4.90 Å². The van der Waals surface area contributed by atoms with E-state index in [1.165, 1.54) is 0 Å². The second-order valence-electron chi connectivity index (χ2n) is 5.85. The molecular formula is C16H23N3O3. The van der Waals surface area contributed by atoms with Crippen LogP contribution >= 0.6 is 0 Å². The predicted molar refractivity (Wildman–Crippen MR) is 84.5 cm³/mol. The van der Waals surface area contributed by atoms with Gasteiger partial charge in [-0.3, -0.25) is 4.79 Å². The summed E-state index contributed by atoms with van der Waals surface area (Å²) >= 11 is 0. The second-order valence-corrected chi connectivity index (χ2v) is 5.85. The lowest BCUT2D eigenvalue weighted by molar-refractivity contribution is -0.121. The van der Waals surface area contributed by atoms with E-state index in [0.717, 1.165) is 49.7 Å². The summed E-state index contributed by atoms with van der Waals surface area (Å²) < 4.78 is 10.7. The zero-order valence-electron chi connectivity index (χ0n) is 13.0. The number of nitrogens with zero attached hydrogens (tertiary/aromatic N) is 2. The Morgan fingerprint density at radius 2 is 2.09 bits per heavy atom. The summed E-state index contributed by atoms with van der Waals surface area (Å²) in [6.45, 7) is 3.63. The summed E-state index contributed by atoms with van der Waals surface area (Å²) in [5.74, 6) is 1.46. The van der Waals surface area contributed by atoms with Crippen LogP contribution in [0.1, 0.15) is 12.8 Å². The largest absolute Gasteiger partial charge is 0.497 e. The van der Waals surface area contributed by atoms with Gasteiger partial charge < -0.3 is 25.0 Å². The van der Waals surface area contributed by atoms with Crippen molar-refractivity contribution < 1.29 is 14.3 Å². The fourth-order valence-corrected chi connectivity index (χ4v) is 2.97. The van der Waals surface area contributed by atoms with Gasteiger partial charge in [0.05, 0.1) is 12.8 Å². The van der Waals surface area contributed by atoms with Crippen LogP contribution in [0, 0.1) is 0 Å². The van der Waals surface area contributed by atoms with Crippen LogP contribution in [0.5, 0.6) is 11.5 Å². The fraction of sp³-hybridized carbons (Fsp3) is 0.562. The van der Waals surface area contributed by atoms with E-state index in [1.807, 2.05) is 18.2 Å². The molecule has 0 aromatic heterocycles. The van der Waals surface area contributed by atoms with Crippen LogP contribution in [0.3, 0.4) is 0 Å². The number of ether oxygens (including phenoxy) is 2. The number of carbonyl (C=O) groups excluding carboxylic acids is 1. The first-order valence-electron chi connectivity index (χ1n) is 7.76. The zero-order valence-corrected chi connectivity index (χ0v) is 13.0. The summed E-state index contributed by atoms with van der Waals surface area (Å²) in [7, 11) is 1.62. The van der Waals surface area contributed by atoms with Crippen LogP contribution in [0.15, 0.2) is 18.2 Å². The molecule has 0 atom stereocenters. The van der Waals surface area contributed by atoms with E-state index in [-0.39, 0.29) is 12.5 Å². The summed E-state index contributed by atoms with van der Waals surface area (Å²) in [4.78, 5) is 16.4. The maximum atomic E-state index is 12.2. The number of hydrogen-bond donors (Lipinski definition) is 1. The lowest BCUT2D eigenvalue weighted by atomic mass is 10.1. The van der Waals surface area contributed by atoms with Gasteiger partial charge in [0.1, 0.15) is 11.5 Å². The number of rotatable bonds is 4. The molecule has 0 saturated carbocycles. The van der Waals surface area contributed by atoms with Crippen molar-refractivity contribution in [3.05, 3.63) is 18.2 Å². The quantitative estimate of drug-likeness (QED) is 0.893. The molecule has 120 valence electrons. The first-order chi connectivity index (χ1) is 10.7. The molecule has 0 radical (unpaired) electrons. The van der Waals surface area contributed by atoms with E-state index in [0.29, 0.717) is 12.6 Å². The fourth-order valence-electron chi connectivity index (χ4n) is 2.97. The van der Waals surface area contributed by atoms with Gasteiger partial charge in [0.15, 0.2) is 6.61 Å². The Morgan fingerprint density at radius 3 is 2.82 bits per heavy atom. The van der Waals surface area contributed by atoms with Crippen molar-refractivity contribution in [3.63, 3.8) is 0 Å². The van der Waals surface area contributed by atoms with Crippen molar-refractivity contribution in [2.75, 3.05) is 44.8 Å². The van der Waals surface area contributed by atoms with Crippen LogP contribution in [0.2, 0.25) is 0 Å². The topological polar surface area (TPSA) is 68.0 Å². The van der Waals surface area contributed by atoms with Crippen LogP contribution in [0.4, 0.5) is 5.69 Å². The number of nitrogens with two attached hydrogens (primary N) is 1. The molecule has 0 spiro atoms. The van der Waals surface area contributed by atoms with E-state index in [1.54, 1.807) is 12.0 Å². The Labute approximate surface area is 130 Å². The predicted octanol–water partition coefficient (Wildman–Crippen LogP) is 0.844. The van der Waals surface area contributed by atoms with Gasteiger partial charge in [-0.15, -0.1) is 0 Å². The van der Waals surface area contributed by atoms with Crippen molar-refractivity contribution in [1.82, 2.24) is 4.90 Å². The second kappa shape index (κ2) is 6.54. The minimum Gasteiger partial charge on any atom is -0.497 e. The number of hydrogen-bond acceptors (Lipinski definition) is 5. The van der Waals surface area contributed by atoms with Crippen molar-refractivity contribution in [3.8, 4) is 11.5 Å². The molecule has 0 unspecified atom stereocenters. The van der Waals surface area contributed by atoms with E-state index in [4.69, 9.17) is 15.2 Å². The SMILES string of the molecule is COc1ccc2c(c1)N(CCN1CCC(N)CC1)C(=O)CO2. The molecule has 2 aliphatic heterocycles. The Hall–Kier alpha value is -1.79. The Balaban J connectivity index is 1.69. The third-order valence-electron chi connectivity index (χ3n) is 4.38. The first kappa shape index (κ1) is 15.1. The van der Waals surface area contributed by atoms with Crippen LogP contribution in [-0.2, 0) is 4.79 Å². The minimum atomic E-state index is -0.00513. The number of carbonyl (C=O) groups is 1. The highest BCUT2D eigenvalue weighted by Crippen LogP contribution is 2.35. The van der Waals surface area contributed by atoms with Crippen LogP contribution < -0.4 is 20.1 Å². The molecule has 3 rings (SSSR count). The van der Waals surface area contributed by atoms with Gasteiger partial charge in [-0.2, -0.15) is 0 Å². The third-order valence-corrected chi connectivity index (χ3v) is 4.38. The van der Waals surface area contributed by atoms with Crippen molar-refractivity contribution in [2.45, 2.75) is 18.9 Å². The normalized spacial score (nSPS) is 19.7. The summed E-state index contributed by atoms with van der Waals surface area (Å²) in [6.07, 6.45) is 2.06. The van der Waals surface area contributed by atoms with Crippen LogP contribution in [0.25, 0.3) is 0 Å². The van der Waals surface area contributed by atoms with E-state index < -0.39 is 0 Å². The lowest BCUT2D eigenvalue weighted by Crippen LogP contribution is -2.46. The third kappa shape index (κ3) is 3.18. The molecule has 22 heavy (non-hydrogen) atoms. The van der Waals surface area contributed by atoms with Crippen molar-refractivity contribution in [1.29, 1.82) is 0 Å². The number of likely N-dealkylation sites (tertiary alicyclic amines) is 1. The van der Waals surface area contributed by atoms with Gasteiger partial charge in [0.2, 0.25) is 0 Å². The number of benzene rings is 1. The first-order valence-corrected chi connectivity index (χ1v) is 7.76. The highest BCUT2D eigenvalue weighted by atomic mass is 16.5.